The summed E-state index contributed by atoms with van der Waals surface area (Å²) in [7, 11) is 0. The predicted molar refractivity (Wildman–Crippen MR) is 98.3 cm³/mol. The van der Waals surface area contributed by atoms with Crippen molar-refractivity contribution in [2.45, 2.75) is 12.6 Å². The lowest BCUT2D eigenvalue weighted by Crippen LogP contribution is -2.55. The highest BCUT2D eigenvalue weighted by Crippen LogP contribution is 2.30. The van der Waals surface area contributed by atoms with Gasteiger partial charge in [-0.3, -0.25) is 19.8 Å². The number of nitro groups is 1. The summed E-state index contributed by atoms with van der Waals surface area (Å²) in [6.07, 6.45) is 0. The van der Waals surface area contributed by atoms with E-state index in [1.54, 1.807) is 6.07 Å². The second-order valence-electron chi connectivity index (χ2n) is 6.74. The molecule has 0 saturated carbocycles. The van der Waals surface area contributed by atoms with Crippen LogP contribution in [0.5, 0.6) is 0 Å². The molecule has 0 bridgehead atoms. The van der Waals surface area contributed by atoms with Gasteiger partial charge in [0.05, 0.1) is 22.2 Å². The van der Waals surface area contributed by atoms with E-state index in [-0.39, 0.29) is 17.6 Å². The summed E-state index contributed by atoms with van der Waals surface area (Å²) in [4.78, 5) is 27.6. The van der Waals surface area contributed by atoms with Gasteiger partial charge in [-0.05, 0) is 11.6 Å². The number of carbonyl (C=O) groups is 1. The van der Waals surface area contributed by atoms with E-state index in [4.69, 9.17) is 0 Å². The van der Waals surface area contributed by atoms with E-state index >= 15 is 0 Å². The van der Waals surface area contributed by atoms with E-state index in [1.165, 1.54) is 17.7 Å². The maximum atomic E-state index is 12.4. The lowest BCUT2D eigenvalue weighted by atomic mass is 10.1. The fourth-order valence-corrected chi connectivity index (χ4v) is 3.77. The van der Waals surface area contributed by atoms with Crippen molar-refractivity contribution in [3.8, 4) is 0 Å². The summed E-state index contributed by atoms with van der Waals surface area (Å²) in [5.41, 5.74) is 2.39. The van der Waals surface area contributed by atoms with Gasteiger partial charge in [0, 0.05) is 44.9 Å². The Morgan fingerprint density at radius 3 is 2.73 bits per heavy atom. The van der Waals surface area contributed by atoms with E-state index in [0.29, 0.717) is 12.1 Å². The Bertz CT molecular complexity index is 840. The van der Waals surface area contributed by atoms with Crippen LogP contribution in [0.25, 0.3) is 0 Å². The van der Waals surface area contributed by atoms with Gasteiger partial charge < -0.3 is 10.2 Å². The molecule has 2 aliphatic rings. The standard InChI is InChI=1S/C19H20N4O3/c24-19-17-10-15(23(25)26)6-7-18(17)22-9-8-21(13-16(22)11-20-19)12-14-4-2-1-3-5-14/h1-7,10,16H,8-9,11-13H2,(H,20,24). The van der Waals surface area contributed by atoms with Gasteiger partial charge in [0.1, 0.15) is 0 Å². The van der Waals surface area contributed by atoms with Gasteiger partial charge in [0.25, 0.3) is 11.6 Å². The Morgan fingerprint density at radius 1 is 1.15 bits per heavy atom. The third-order valence-electron chi connectivity index (χ3n) is 5.06. The number of nitro benzene ring substituents is 1. The summed E-state index contributed by atoms with van der Waals surface area (Å²) in [5, 5.41) is 14.0. The number of rotatable bonds is 3. The number of nitrogens with one attached hydrogen (secondary N) is 1. The third kappa shape index (κ3) is 3.13. The molecule has 7 heteroatoms. The SMILES string of the molecule is O=C1NCC2CN(Cc3ccccc3)CCN2c2ccc([N+](=O)[O-])cc21. The van der Waals surface area contributed by atoms with Gasteiger partial charge in [0.2, 0.25) is 0 Å². The predicted octanol–water partition coefficient (Wildman–Crippen LogP) is 2.03. The molecule has 0 spiro atoms. The van der Waals surface area contributed by atoms with Crippen molar-refractivity contribution < 1.29 is 9.72 Å². The fraction of sp³-hybridized carbons (Fsp3) is 0.316. The van der Waals surface area contributed by atoms with Gasteiger partial charge in [-0.2, -0.15) is 0 Å². The zero-order chi connectivity index (χ0) is 18.1. The van der Waals surface area contributed by atoms with Crippen molar-refractivity contribution in [2.75, 3.05) is 31.1 Å². The number of carbonyl (C=O) groups excluding carboxylic acids is 1. The maximum Gasteiger partial charge on any atom is 0.270 e. The largest absolute Gasteiger partial charge is 0.364 e. The molecule has 1 atom stereocenters. The smallest absolute Gasteiger partial charge is 0.270 e. The summed E-state index contributed by atoms with van der Waals surface area (Å²) < 4.78 is 0. The average molecular weight is 352 g/mol. The zero-order valence-corrected chi connectivity index (χ0v) is 14.3. The van der Waals surface area contributed by atoms with Crippen molar-refractivity contribution in [3.05, 3.63) is 69.8 Å². The van der Waals surface area contributed by atoms with Gasteiger partial charge in [-0.1, -0.05) is 30.3 Å². The Balaban J connectivity index is 1.57. The number of anilines is 1. The number of nitrogens with zero attached hydrogens (tertiary/aromatic N) is 3. The molecule has 7 nitrogen and oxygen atoms in total. The van der Waals surface area contributed by atoms with Crippen LogP contribution in [0.1, 0.15) is 15.9 Å². The van der Waals surface area contributed by atoms with Crippen molar-refractivity contribution in [2.24, 2.45) is 0 Å². The molecule has 0 radical (unpaired) electrons. The number of fused-ring (bicyclic) bond motifs is 3. The molecule has 2 heterocycles. The van der Waals surface area contributed by atoms with E-state index in [0.717, 1.165) is 31.9 Å². The molecule has 2 aromatic rings. The minimum atomic E-state index is -0.465. The first-order valence-electron chi connectivity index (χ1n) is 8.71. The molecule has 2 aromatic carbocycles. The molecule has 1 amide bonds. The molecule has 1 saturated heterocycles. The molecule has 0 aromatic heterocycles. The molecule has 4 rings (SSSR count). The van der Waals surface area contributed by atoms with Crippen molar-refractivity contribution in [1.29, 1.82) is 0 Å². The number of hydrogen-bond donors (Lipinski definition) is 1. The molecule has 134 valence electrons. The van der Waals surface area contributed by atoms with Crippen LogP contribution >= 0.6 is 0 Å². The first-order valence-corrected chi connectivity index (χ1v) is 8.71. The first-order chi connectivity index (χ1) is 12.6. The fourth-order valence-electron chi connectivity index (χ4n) is 3.77. The van der Waals surface area contributed by atoms with Gasteiger partial charge in [-0.15, -0.1) is 0 Å². The van der Waals surface area contributed by atoms with Crippen LogP contribution in [0, 0.1) is 10.1 Å². The topological polar surface area (TPSA) is 78.7 Å². The van der Waals surface area contributed by atoms with Crippen LogP contribution < -0.4 is 10.2 Å². The van der Waals surface area contributed by atoms with E-state index < -0.39 is 4.92 Å². The van der Waals surface area contributed by atoms with Gasteiger partial charge in [-0.25, -0.2) is 0 Å². The van der Waals surface area contributed by atoms with E-state index in [2.05, 4.69) is 27.2 Å². The minimum absolute atomic E-state index is 0.0555. The molecule has 1 unspecified atom stereocenters. The van der Waals surface area contributed by atoms with Gasteiger partial charge in [0.15, 0.2) is 0 Å². The highest BCUT2D eigenvalue weighted by molar-refractivity contribution is 6.01. The lowest BCUT2D eigenvalue weighted by Gasteiger charge is -2.42. The highest BCUT2D eigenvalue weighted by atomic mass is 16.6. The van der Waals surface area contributed by atoms with Crippen LogP contribution in [0.3, 0.4) is 0 Å². The van der Waals surface area contributed by atoms with Crippen LogP contribution in [0.2, 0.25) is 0 Å². The Kier molecular flexibility index (Phi) is 4.30. The molecule has 1 N–H and O–H groups in total. The van der Waals surface area contributed by atoms with E-state index in [1.807, 2.05) is 18.2 Å². The second-order valence-corrected chi connectivity index (χ2v) is 6.74. The van der Waals surface area contributed by atoms with Gasteiger partial charge >= 0.3 is 0 Å². The highest BCUT2D eigenvalue weighted by Gasteiger charge is 2.33. The quantitative estimate of drug-likeness (QED) is 0.675. The molecule has 26 heavy (non-hydrogen) atoms. The van der Waals surface area contributed by atoms with Crippen molar-refractivity contribution in [1.82, 2.24) is 10.2 Å². The van der Waals surface area contributed by atoms with Crippen molar-refractivity contribution >= 4 is 17.3 Å². The summed E-state index contributed by atoms with van der Waals surface area (Å²) in [5.74, 6) is -0.243. The number of non-ortho nitro benzene ring substituents is 1. The average Bonchev–Trinajstić information content (AvgIpc) is 2.79. The summed E-state index contributed by atoms with van der Waals surface area (Å²) in [6, 6.07) is 15.1. The third-order valence-corrected chi connectivity index (χ3v) is 5.06. The number of hydrogen-bond acceptors (Lipinski definition) is 5. The Hall–Kier alpha value is -2.93. The number of amides is 1. The number of benzene rings is 2. The molecular formula is C19H20N4O3. The molecular weight excluding hydrogens is 332 g/mol. The molecule has 1 fully saturated rings. The van der Waals surface area contributed by atoms with Crippen LogP contribution in [-0.2, 0) is 6.54 Å². The normalized spacial score (nSPS) is 19.9. The number of piperazine rings is 1. The van der Waals surface area contributed by atoms with Crippen LogP contribution in [0.15, 0.2) is 48.5 Å². The first kappa shape index (κ1) is 16.5. The van der Waals surface area contributed by atoms with E-state index in [9.17, 15) is 14.9 Å². The Labute approximate surface area is 151 Å². The molecule has 2 aliphatic heterocycles. The monoisotopic (exact) mass is 352 g/mol. The summed E-state index contributed by atoms with van der Waals surface area (Å²) >= 11 is 0. The lowest BCUT2D eigenvalue weighted by molar-refractivity contribution is -0.384. The Morgan fingerprint density at radius 2 is 1.96 bits per heavy atom. The maximum absolute atomic E-state index is 12.4. The summed E-state index contributed by atoms with van der Waals surface area (Å²) in [6.45, 7) is 3.93. The van der Waals surface area contributed by atoms with Crippen LogP contribution in [-0.4, -0.2) is 48.0 Å². The minimum Gasteiger partial charge on any atom is -0.364 e. The van der Waals surface area contributed by atoms with Crippen LogP contribution in [0.4, 0.5) is 11.4 Å². The van der Waals surface area contributed by atoms with Crippen molar-refractivity contribution in [3.63, 3.8) is 0 Å². The molecule has 0 aliphatic carbocycles. The second kappa shape index (κ2) is 6.76. The zero-order valence-electron chi connectivity index (χ0n) is 14.3.